The molecule has 2 aromatic carbocycles. The third kappa shape index (κ3) is 14.8. The standard InChI is InChI=1S/C55H70N6O2.2ClH/c1-8-9-10-11-12-13-14-15-16-25-47-48-30-32-52(58-48)54(41-21-17-23-45(38-41)62-36-19-34-60(2,3)4)50-28-26-43(56-50)40-44-27-29-51(57-44)55(53-33-31-49(47)59-53)42-22-18-24-46(39-42)63-37-20-35-61(5,6)7;;/h17-18,21-24,26-33,38-40H,8-16,19-20,25,34-37H2,1-7H3;2*1H/q+2;;/p-2. The number of hydrogen-bond donors (Lipinski definition) is 0. The van der Waals surface area contributed by atoms with Crippen LogP contribution in [-0.2, 0) is 0 Å². The molecule has 5 aliphatic heterocycles. The maximum Gasteiger partial charge on any atom is 0.119 e. The first kappa shape index (κ1) is 51.1. The maximum absolute atomic E-state index is 6.32. The van der Waals surface area contributed by atoms with E-state index in [1.165, 1.54) is 56.9 Å². The normalized spacial score (nSPS) is 16.4. The Morgan fingerprint density at radius 2 is 0.969 bits per heavy atom. The van der Waals surface area contributed by atoms with Crippen LogP contribution in [0.2, 0.25) is 0 Å². The Labute approximate surface area is 402 Å². The van der Waals surface area contributed by atoms with Gasteiger partial charge in [-0.1, -0.05) is 82.6 Å². The lowest BCUT2D eigenvalue weighted by Gasteiger charge is -2.23. The smallest absolute Gasteiger partial charge is 0.119 e. The summed E-state index contributed by atoms with van der Waals surface area (Å²) in [5.41, 5.74) is 12.3. The number of rotatable bonds is 22. The summed E-state index contributed by atoms with van der Waals surface area (Å²) in [4.78, 5) is 21.3. The molecule has 0 N–H and O–H groups in total. The fourth-order valence-electron chi connectivity index (χ4n) is 8.48. The van der Waals surface area contributed by atoms with Gasteiger partial charge in [-0.2, -0.15) is 0 Å². The van der Waals surface area contributed by atoms with Crippen LogP contribution in [0.3, 0.4) is 0 Å². The second-order valence-corrected chi connectivity index (χ2v) is 19.4. The van der Waals surface area contributed by atoms with Crippen molar-refractivity contribution >= 4 is 34.0 Å². The highest BCUT2D eigenvalue weighted by Crippen LogP contribution is 2.36. The molecule has 0 fully saturated rings. The van der Waals surface area contributed by atoms with Crippen molar-refractivity contribution in [1.82, 2.24) is 0 Å². The minimum absolute atomic E-state index is 0. The molecule has 5 heterocycles. The first-order valence-corrected chi connectivity index (χ1v) is 23.5. The van der Waals surface area contributed by atoms with E-state index in [0.717, 1.165) is 127 Å². The fourth-order valence-corrected chi connectivity index (χ4v) is 8.48. The summed E-state index contributed by atoms with van der Waals surface area (Å²) in [6.45, 7) is 5.70. The van der Waals surface area contributed by atoms with Gasteiger partial charge in [0, 0.05) is 29.6 Å². The number of aliphatic imine (C=N–C) groups is 4. The molecule has 0 saturated heterocycles. The summed E-state index contributed by atoms with van der Waals surface area (Å²) < 4.78 is 14.5. The van der Waals surface area contributed by atoms with E-state index in [4.69, 9.17) is 29.4 Å². The van der Waals surface area contributed by atoms with Crippen molar-refractivity contribution in [2.24, 2.45) is 20.0 Å². The monoisotopic (exact) mass is 916 g/mol. The van der Waals surface area contributed by atoms with Gasteiger partial charge in [0.05, 0.1) is 114 Å². The lowest BCUT2D eigenvalue weighted by atomic mass is 9.98. The zero-order valence-corrected chi connectivity index (χ0v) is 41.4. The number of hydrogen-bond acceptors (Lipinski definition) is 6. The third-order valence-electron chi connectivity index (χ3n) is 11.8. The topological polar surface area (TPSA) is 67.9 Å². The van der Waals surface area contributed by atoms with E-state index in [0.29, 0.717) is 13.2 Å². The van der Waals surface area contributed by atoms with Crippen molar-refractivity contribution in [3.63, 3.8) is 0 Å². The molecule has 0 spiro atoms. The largest absolute Gasteiger partial charge is 1.00 e. The van der Waals surface area contributed by atoms with E-state index in [1.807, 2.05) is 12.1 Å². The van der Waals surface area contributed by atoms with E-state index in [9.17, 15) is 0 Å². The first-order valence-electron chi connectivity index (χ1n) is 23.5. The van der Waals surface area contributed by atoms with Crippen molar-refractivity contribution in [3.8, 4) is 11.5 Å². The number of unbranched alkanes of at least 4 members (excludes halogenated alkanes) is 8. The van der Waals surface area contributed by atoms with Crippen LogP contribution in [0.4, 0.5) is 0 Å². The molecule has 346 valence electrons. The zero-order valence-electron chi connectivity index (χ0n) is 39.9. The highest BCUT2D eigenvalue weighted by Gasteiger charge is 2.25. The number of benzene rings is 2. The lowest BCUT2D eigenvalue weighted by Crippen LogP contribution is -3.00. The minimum atomic E-state index is 0. The average Bonchev–Trinajstić information content (AvgIpc) is 4.09. The molecule has 8 nitrogen and oxygen atoms in total. The van der Waals surface area contributed by atoms with Crippen molar-refractivity contribution in [2.75, 3.05) is 68.6 Å². The van der Waals surface area contributed by atoms with Crippen LogP contribution >= 0.6 is 0 Å². The fraction of sp³-hybridized carbons (Fsp3) is 0.418. The molecule has 10 heteroatoms. The lowest BCUT2D eigenvalue weighted by molar-refractivity contribution is -0.870. The minimum Gasteiger partial charge on any atom is -1.00 e. The Kier molecular flexibility index (Phi) is 18.9. The second kappa shape index (κ2) is 24.1. The van der Waals surface area contributed by atoms with Crippen LogP contribution in [0.15, 0.2) is 152 Å². The van der Waals surface area contributed by atoms with Gasteiger partial charge in [-0.25, -0.2) is 20.0 Å². The number of fused-ring (bicyclic) bond motifs is 4. The maximum atomic E-state index is 6.32. The van der Waals surface area contributed by atoms with Crippen molar-refractivity contribution < 1.29 is 43.3 Å². The summed E-state index contributed by atoms with van der Waals surface area (Å²) in [5, 5.41) is 0. The molecule has 2 aromatic rings. The average molecular weight is 918 g/mol. The van der Waals surface area contributed by atoms with Crippen LogP contribution in [0.1, 0.15) is 95.1 Å². The summed E-state index contributed by atoms with van der Waals surface area (Å²) in [6.07, 6.45) is 33.4. The van der Waals surface area contributed by atoms with E-state index < -0.39 is 0 Å². The van der Waals surface area contributed by atoms with E-state index in [2.05, 4.69) is 140 Å². The van der Waals surface area contributed by atoms with Gasteiger partial charge in [-0.15, -0.1) is 0 Å². The summed E-state index contributed by atoms with van der Waals surface area (Å²) >= 11 is 0. The number of nitrogens with zero attached hydrogens (tertiary/aromatic N) is 6. The molecule has 0 aliphatic carbocycles. The highest BCUT2D eigenvalue weighted by molar-refractivity contribution is 6.34. The Morgan fingerprint density at radius 1 is 0.477 bits per heavy atom. The van der Waals surface area contributed by atoms with Crippen LogP contribution < -0.4 is 34.3 Å². The SMILES string of the molecule is CCCCCCCCCCCC1=C2C=CC(=N2)C(c2cccc(OCCC[N+](C)(C)C)c2)=C2C=CC(=N2)C=C2C=CC(=N2)C(c2cccc(OCCC[N+](C)(C)C)c2)=C2C=CC1=N2.[Cl-].[Cl-]. The van der Waals surface area contributed by atoms with E-state index in [-0.39, 0.29) is 24.8 Å². The molecular weight excluding hydrogens is 848 g/mol. The Morgan fingerprint density at radius 3 is 1.57 bits per heavy atom. The molecule has 65 heavy (non-hydrogen) atoms. The van der Waals surface area contributed by atoms with Gasteiger partial charge in [-0.05, 0) is 103 Å². The van der Waals surface area contributed by atoms with E-state index >= 15 is 0 Å². The Bertz CT molecular complexity index is 2330. The predicted octanol–water partition coefficient (Wildman–Crippen LogP) is 5.88. The van der Waals surface area contributed by atoms with Crippen LogP contribution in [0, 0.1) is 0 Å². The third-order valence-corrected chi connectivity index (χ3v) is 11.8. The quantitative estimate of drug-likeness (QED) is 0.110. The van der Waals surface area contributed by atoms with Crippen LogP contribution in [0.5, 0.6) is 11.5 Å². The van der Waals surface area contributed by atoms with Crippen molar-refractivity contribution in [1.29, 1.82) is 0 Å². The molecule has 5 aliphatic rings. The molecule has 0 amide bonds. The van der Waals surface area contributed by atoms with Gasteiger partial charge in [0.2, 0.25) is 0 Å². The van der Waals surface area contributed by atoms with Gasteiger partial charge < -0.3 is 43.3 Å². The molecule has 0 saturated carbocycles. The Balaban J connectivity index is 0.00000397. The molecule has 7 rings (SSSR count). The molecule has 0 atom stereocenters. The number of quaternary nitrogens is 2. The number of allylic oxidation sites excluding steroid dienone is 12. The van der Waals surface area contributed by atoms with E-state index in [1.54, 1.807) is 0 Å². The Hall–Kier alpha value is -4.86. The second-order valence-electron chi connectivity index (χ2n) is 19.4. The van der Waals surface area contributed by atoms with Gasteiger partial charge in [-0.3, -0.25) is 0 Å². The van der Waals surface area contributed by atoms with Gasteiger partial charge >= 0.3 is 0 Å². The van der Waals surface area contributed by atoms with Gasteiger partial charge in [0.1, 0.15) is 11.5 Å². The molecular formula is C55H70Cl2N6O2. The van der Waals surface area contributed by atoms with Crippen molar-refractivity contribution in [3.05, 3.63) is 143 Å². The first-order chi connectivity index (χ1) is 30.4. The molecule has 0 radical (unpaired) electrons. The van der Waals surface area contributed by atoms with Gasteiger partial charge in [0.25, 0.3) is 0 Å². The molecule has 0 aromatic heterocycles. The van der Waals surface area contributed by atoms with Gasteiger partial charge in [0.15, 0.2) is 0 Å². The zero-order chi connectivity index (χ0) is 44.2. The summed E-state index contributed by atoms with van der Waals surface area (Å²) in [6, 6.07) is 16.8. The summed E-state index contributed by atoms with van der Waals surface area (Å²) in [7, 11) is 13.3. The molecule has 8 bridgehead atoms. The van der Waals surface area contributed by atoms with Crippen molar-refractivity contribution in [2.45, 2.75) is 84.0 Å². The van der Waals surface area contributed by atoms with Crippen LogP contribution in [-0.4, -0.2) is 100 Å². The molecule has 0 unspecified atom stereocenters. The van der Waals surface area contributed by atoms with Crippen LogP contribution in [0.25, 0.3) is 11.1 Å². The summed E-state index contributed by atoms with van der Waals surface area (Å²) in [5.74, 6) is 1.70. The highest BCUT2D eigenvalue weighted by atomic mass is 35.5. The number of halogens is 2. The number of ether oxygens (including phenoxy) is 2. The predicted molar refractivity (Wildman–Crippen MR) is 266 cm³/mol.